The van der Waals surface area contributed by atoms with Gasteiger partial charge in [-0.3, -0.25) is 9.52 Å². The van der Waals surface area contributed by atoms with Gasteiger partial charge >= 0.3 is 0 Å². The Labute approximate surface area is 162 Å². The Balaban J connectivity index is 2.08. The zero-order valence-electron chi connectivity index (χ0n) is 16.8. The van der Waals surface area contributed by atoms with E-state index in [9.17, 15) is 13.2 Å². The molecule has 2 aromatic rings. The van der Waals surface area contributed by atoms with Gasteiger partial charge in [0.25, 0.3) is 5.91 Å². The number of hydrogen-bond acceptors (Lipinski definition) is 3. The van der Waals surface area contributed by atoms with E-state index in [2.05, 4.69) is 30.8 Å². The van der Waals surface area contributed by atoms with Crippen LogP contribution < -0.4 is 10.0 Å². The van der Waals surface area contributed by atoms with Gasteiger partial charge in [-0.1, -0.05) is 32.9 Å². The van der Waals surface area contributed by atoms with Gasteiger partial charge in [0.15, 0.2) is 0 Å². The molecule has 0 aliphatic carbocycles. The quantitative estimate of drug-likeness (QED) is 0.792. The lowest BCUT2D eigenvalue weighted by molar-refractivity contribution is 0.102. The summed E-state index contributed by atoms with van der Waals surface area (Å²) < 4.78 is 26.0. The summed E-state index contributed by atoms with van der Waals surface area (Å²) in [6, 6.07) is 14.1. The maximum Gasteiger partial charge on any atom is 0.255 e. The molecule has 0 saturated heterocycles. The summed E-state index contributed by atoms with van der Waals surface area (Å²) in [4.78, 5) is 12.4. The lowest BCUT2D eigenvalue weighted by Crippen LogP contribution is -2.33. The molecule has 0 heterocycles. The number of carbonyl (C=O) groups is 1. The number of sulfonamides is 1. The molecular weight excluding hydrogens is 360 g/mol. The number of carbonyl (C=O) groups excluding carboxylic acids is 1. The highest BCUT2D eigenvalue weighted by Crippen LogP contribution is 2.24. The average Bonchev–Trinajstić information content (AvgIpc) is 2.53. The summed E-state index contributed by atoms with van der Waals surface area (Å²) in [6.07, 6.45) is 0. The Kier molecular flexibility index (Phi) is 5.71. The third-order valence-electron chi connectivity index (χ3n) is 4.21. The predicted octanol–water partition coefficient (Wildman–Crippen LogP) is 4.78. The highest BCUT2D eigenvalue weighted by Gasteiger charge is 2.28. The molecule has 0 aromatic heterocycles. The molecule has 0 unspecified atom stereocenters. The van der Waals surface area contributed by atoms with Crippen molar-refractivity contribution in [2.24, 2.45) is 0 Å². The van der Waals surface area contributed by atoms with Crippen LogP contribution in [-0.4, -0.2) is 19.1 Å². The van der Waals surface area contributed by atoms with Crippen molar-refractivity contribution in [1.82, 2.24) is 0 Å². The van der Waals surface area contributed by atoms with Crippen LogP contribution >= 0.6 is 0 Å². The molecule has 0 bridgehead atoms. The third kappa shape index (κ3) is 5.32. The molecule has 0 spiro atoms. The van der Waals surface area contributed by atoms with E-state index >= 15 is 0 Å². The summed E-state index contributed by atoms with van der Waals surface area (Å²) in [7, 11) is -3.50. The van der Waals surface area contributed by atoms with Crippen molar-refractivity contribution in [2.75, 3.05) is 10.0 Å². The van der Waals surface area contributed by atoms with Crippen LogP contribution in [0.5, 0.6) is 0 Å². The SMILES string of the molecule is CC(C)(C)c1ccc(NC(=O)c2ccc(NS(=O)(=O)C(C)(C)C)cc2)cc1. The molecule has 0 atom stereocenters. The Hall–Kier alpha value is -2.34. The van der Waals surface area contributed by atoms with Crippen molar-refractivity contribution in [3.05, 3.63) is 59.7 Å². The number of rotatable bonds is 4. The summed E-state index contributed by atoms with van der Waals surface area (Å²) in [5.41, 5.74) is 2.84. The van der Waals surface area contributed by atoms with E-state index < -0.39 is 14.8 Å². The van der Waals surface area contributed by atoms with Crippen molar-refractivity contribution >= 4 is 27.3 Å². The number of benzene rings is 2. The molecular formula is C21H28N2O3S. The first kappa shape index (κ1) is 21.0. The number of amides is 1. The van der Waals surface area contributed by atoms with E-state index in [1.807, 2.05) is 24.3 Å². The monoisotopic (exact) mass is 388 g/mol. The van der Waals surface area contributed by atoms with Crippen molar-refractivity contribution in [2.45, 2.75) is 51.7 Å². The van der Waals surface area contributed by atoms with E-state index in [0.717, 1.165) is 0 Å². The molecule has 146 valence electrons. The molecule has 5 nitrogen and oxygen atoms in total. The van der Waals surface area contributed by atoms with Gasteiger partial charge in [0.1, 0.15) is 0 Å². The van der Waals surface area contributed by atoms with Crippen LogP contribution in [0.15, 0.2) is 48.5 Å². The molecule has 0 radical (unpaired) electrons. The second-order valence-electron chi connectivity index (χ2n) is 8.58. The van der Waals surface area contributed by atoms with E-state index in [1.54, 1.807) is 45.0 Å². The molecule has 6 heteroatoms. The molecule has 2 aromatic carbocycles. The van der Waals surface area contributed by atoms with E-state index in [1.165, 1.54) is 5.56 Å². The number of anilines is 2. The maximum absolute atomic E-state index is 12.4. The topological polar surface area (TPSA) is 75.3 Å². The largest absolute Gasteiger partial charge is 0.322 e. The molecule has 27 heavy (non-hydrogen) atoms. The minimum atomic E-state index is -3.50. The normalized spacial score (nSPS) is 12.5. The fourth-order valence-electron chi connectivity index (χ4n) is 2.25. The molecule has 0 fully saturated rings. The number of hydrogen-bond donors (Lipinski definition) is 2. The standard InChI is InChI=1S/C21H28N2O3S/c1-20(2,3)16-9-13-17(14-10-16)22-19(24)15-7-11-18(12-8-15)23-27(25,26)21(4,5)6/h7-14,23H,1-6H3,(H,22,24). The molecule has 0 aliphatic rings. The fourth-order valence-corrected chi connectivity index (χ4v) is 3.01. The average molecular weight is 389 g/mol. The van der Waals surface area contributed by atoms with Crippen LogP contribution in [0.2, 0.25) is 0 Å². The van der Waals surface area contributed by atoms with E-state index in [4.69, 9.17) is 0 Å². The molecule has 0 aliphatic heterocycles. The first-order chi connectivity index (χ1) is 12.3. The smallest absolute Gasteiger partial charge is 0.255 e. The molecule has 1 amide bonds. The lowest BCUT2D eigenvalue weighted by atomic mass is 9.87. The highest BCUT2D eigenvalue weighted by molar-refractivity contribution is 7.94. The minimum Gasteiger partial charge on any atom is -0.322 e. The fraction of sp³-hybridized carbons (Fsp3) is 0.381. The highest BCUT2D eigenvalue weighted by atomic mass is 32.2. The van der Waals surface area contributed by atoms with Crippen molar-refractivity contribution < 1.29 is 13.2 Å². The maximum atomic E-state index is 12.4. The molecule has 2 N–H and O–H groups in total. The zero-order valence-corrected chi connectivity index (χ0v) is 17.6. The second kappa shape index (κ2) is 7.35. The summed E-state index contributed by atoms with van der Waals surface area (Å²) in [6.45, 7) is 11.3. The van der Waals surface area contributed by atoms with Gasteiger partial charge in [-0.05, 0) is 68.1 Å². The van der Waals surface area contributed by atoms with Gasteiger partial charge < -0.3 is 5.32 Å². The molecule has 0 saturated carbocycles. The Morgan fingerprint density at radius 2 is 1.26 bits per heavy atom. The van der Waals surface area contributed by atoms with Crippen molar-refractivity contribution in [1.29, 1.82) is 0 Å². The third-order valence-corrected chi connectivity index (χ3v) is 6.33. The van der Waals surface area contributed by atoms with Crippen LogP contribution in [0, 0.1) is 0 Å². The van der Waals surface area contributed by atoms with Crippen molar-refractivity contribution in [3.8, 4) is 0 Å². The zero-order chi connectivity index (χ0) is 20.5. The van der Waals surface area contributed by atoms with Gasteiger partial charge in [-0.15, -0.1) is 0 Å². The van der Waals surface area contributed by atoms with E-state index in [-0.39, 0.29) is 11.3 Å². The minimum absolute atomic E-state index is 0.0543. The Morgan fingerprint density at radius 1 is 0.778 bits per heavy atom. The van der Waals surface area contributed by atoms with Crippen LogP contribution in [0.25, 0.3) is 0 Å². The number of nitrogens with one attached hydrogen (secondary N) is 2. The van der Waals surface area contributed by atoms with Gasteiger partial charge in [0.05, 0.1) is 4.75 Å². The summed E-state index contributed by atoms with van der Waals surface area (Å²) in [5.74, 6) is -0.247. The Morgan fingerprint density at radius 3 is 1.70 bits per heavy atom. The first-order valence-electron chi connectivity index (χ1n) is 8.84. The first-order valence-corrected chi connectivity index (χ1v) is 10.3. The molecule has 2 rings (SSSR count). The summed E-state index contributed by atoms with van der Waals surface area (Å²) >= 11 is 0. The lowest BCUT2D eigenvalue weighted by Gasteiger charge is -2.20. The van der Waals surface area contributed by atoms with Gasteiger partial charge in [0, 0.05) is 16.9 Å². The van der Waals surface area contributed by atoms with Crippen molar-refractivity contribution in [3.63, 3.8) is 0 Å². The van der Waals surface area contributed by atoms with Gasteiger partial charge in [-0.25, -0.2) is 8.42 Å². The second-order valence-corrected chi connectivity index (χ2v) is 11.0. The van der Waals surface area contributed by atoms with Gasteiger partial charge in [-0.2, -0.15) is 0 Å². The van der Waals surface area contributed by atoms with Crippen LogP contribution in [-0.2, 0) is 15.4 Å². The summed E-state index contributed by atoms with van der Waals surface area (Å²) in [5, 5.41) is 2.85. The van der Waals surface area contributed by atoms with E-state index in [0.29, 0.717) is 16.9 Å². The Bertz CT molecular complexity index is 902. The van der Waals surface area contributed by atoms with Crippen LogP contribution in [0.1, 0.15) is 57.5 Å². The van der Waals surface area contributed by atoms with Gasteiger partial charge in [0.2, 0.25) is 10.0 Å². The van der Waals surface area contributed by atoms with Crippen LogP contribution in [0.4, 0.5) is 11.4 Å². The van der Waals surface area contributed by atoms with Crippen LogP contribution in [0.3, 0.4) is 0 Å². The predicted molar refractivity (Wildman–Crippen MR) is 112 cm³/mol.